The van der Waals surface area contributed by atoms with Crippen molar-refractivity contribution in [3.8, 4) is 5.75 Å². The molecule has 16 heavy (non-hydrogen) atoms. The van der Waals surface area contributed by atoms with Gasteiger partial charge in [0.05, 0.1) is 4.47 Å². The standard InChI is InChI=1S/C13H18BrNO/c1-15-10-9-13(7-4-8-13)16-12-6-3-2-5-11(12)14/h2-3,5-6,15H,4,7-10H2,1H3. The molecule has 0 unspecified atom stereocenters. The summed E-state index contributed by atoms with van der Waals surface area (Å²) in [4.78, 5) is 0. The summed E-state index contributed by atoms with van der Waals surface area (Å²) in [5.41, 5.74) is 0.0763. The average molecular weight is 284 g/mol. The molecule has 0 spiro atoms. The maximum atomic E-state index is 6.18. The van der Waals surface area contributed by atoms with Gasteiger partial charge in [0.1, 0.15) is 11.4 Å². The van der Waals surface area contributed by atoms with Crippen LogP contribution in [0.1, 0.15) is 25.7 Å². The summed E-state index contributed by atoms with van der Waals surface area (Å²) >= 11 is 3.53. The molecule has 1 aliphatic rings. The van der Waals surface area contributed by atoms with Gasteiger partial charge < -0.3 is 10.1 Å². The molecular formula is C13H18BrNO. The summed E-state index contributed by atoms with van der Waals surface area (Å²) in [7, 11) is 1.99. The van der Waals surface area contributed by atoms with E-state index in [9.17, 15) is 0 Å². The van der Waals surface area contributed by atoms with Crippen LogP contribution in [0.15, 0.2) is 28.7 Å². The van der Waals surface area contributed by atoms with Gasteiger partial charge in [-0.2, -0.15) is 0 Å². The van der Waals surface area contributed by atoms with Crippen LogP contribution in [0, 0.1) is 0 Å². The van der Waals surface area contributed by atoms with Gasteiger partial charge in [-0.15, -0.1) is 0 Å². The Morgan fingerprint density at radius 3 is 2.69 bits per heavy atom. The molecule has 0 bridgehead atoms. The van der Waals surface area contributed by atoms with Gasteiger partial charge in [-0.1, -0.05) is 12.1 Å². The van der Waals surface area contributed by atoms with Crippen LogP contribution in [-0.4, -0.2) is 19.2 Å². The van der Waals surface area contributed by atoms with Crippen molar-refractivity contribution >= 4 is 15.9 Å². The second kappa shape index (κ2) is 5.19. The molecule has 1 aliphatic carbocycles. The van der Waals surface area contributed by atoms with E-state index in [4.69, 9.17) is 4.74 Å². The minimum absolute atomic E-state index is 0.0763. The van der Waals surface area contributed by atoms with Crippen molar-refractivity contribution in [1.82, 2.24) is 5.32 Å². The molecule has 0 amide bonds. The highest BCUT2D eigenvalue weighted by atomic mass is 79.9. The van der Waals surface area contributed by atoms with E-state index in [0.717, 1.165) is 23.2 Å². The molecule has 1 fully saturated rings. The topological polar surface area (TPSA) is 21.3 Å². The SMILES string of the molecule is CNCCC1(Oc2ccccc2Br)CCC1. The summed E-state index contributed by atoms with van der Waals surface area (Å²) in [5.74, 6) is 0.971. The Morgan fingerprint density at radius 2 is 2.12 bits per heavy atom. The third kappa shape index (κ3) is 2.58. The average Bonchev–Trinajstić information content (AvgIpc) is 2.24. The minimum atomic E-state index is 0.0763. The second-order valence-corrected chi connectivity index (χ2v) is 5.28. The number of hydrogen-bond acceptors (Lipinski definition) is 2. The molecule has 1 aromatic rings. The van der Waals surface area contributed by atoms with Gasteiger partial charge in [-0.05, 0) is 67.3 Å². The lowest BCUT2D eigenvalue weighted by Gasteiger charge is -2.42. The largest absolute Gasteiger partial charge is 0.486 e. The maximum absolute atomic E-state index is 6.18. The number of nitrogens with one attached hydrogen (secondary N) is 1. The molecule has 0 aromatic heterocycles. The van der Waals surface area contributed by atoms with E-state index in [1.54, 1.807) is 0 Å². The third-order valence-electron chi connectivity index (χ3n) is 3.26. The normalized spacial score (nSPS) is 17.9. The fourth-order valence-corrected chi connectivity index (χ4v) is 2.45. The van der Waals surface area contributed by atoms with E-state index >= 15 is 0 Å². The van der Waals surface area contributed by atoms with Crippen LogP contribution < -0.4 is 10.1 Å². The van der Waals surface area contributed by atoms with Crippen LogP contribution in [-0.2, 0) is 0 Å². The smallest absolute Gasteiger partial charge is 0.134 e. The molecule has 2 nitrogen and oxygen atoms in total. The van der Waals surface area contributed by atoms with Crippen LogP contribution in [0.25, 0.3) is 0 Å². The molecule has 0 radical (unpaired) electrons. The Kier molecular flexibility index (Phi) is 3.87. The first-order valence-electron chi connectivity index (χ1n) is 5.84. The molecule has 0 aliphatic heterocycles. The lowest BCUT2D eigenvalue weighted by Crippen LogP contribution is -2.45. The van der Waals surface area contributed by atoms with Gasteiger partial charge in [0.15, 0.2) is 0 Å². The first-order chi connectivity index (χ1) is 7.76. The second-order valence-electron chi connectivity index (χ2n) is 4.42. The fraction of sp³-hybridized carbons (Fsp3) is 0.538. The predicted octanol–water partition coefficient (Wildman–Crippen LogP) is 3.36. The highest BCUT2D eigenvalue weighted by Crippen LogP contribution is 2.40. The Bertz CT molecular complexity index is 350. The monoisotopic (exact) mass is 283 g/mol. The Morgan fingerprint density at radius 1 is 1.38 bits per heavy atom. The molecular weight excluding hydrogens is 266 g/mol. The quantitative estimate of drug-likeness (QED) is 0.895. The van der Waals surface area contributed by atoms with Crippen molar-refractivity contribution in [1.29, 1.82) is 0 Å². The van der Waals surface area contributed by atoms with Crippen LogP contribution in [0.5, 0.6) is 5.75 Å². The van der Waals surface area contributed by atoms with E-state index in [1.165, 1.54) is 19.3 Å². The maximum Gasteiger partial charge on any atom is 0.134 e. The Hall–Kier alpha value is -0.540. The third-order valence-corrected chi connectivity index (χ3v) is 3.91. The van der Waals surface area contributed by atoms with Crippen molar-refractivity contribution in [3.63, 3.8) is 0 Å². The summed E-state index contributed by atoms with van der Waals surface area (Å²) < 4.78 is 7.23. The van der Waals surface area contributed by atoms with Crippen molar-refractivity contribution in [2.75, 3.05) is 13.6 Å². The van der Waals surface area contributed by atoms with E-state index in [2.05, 4.69) is 21.2 Å². The van der Waals surface area contributed by atoms with E-state index in [-0.39, 0.29) is 5.60 Å². The highest BCUT2D eigenvalue weighted by molar-refractivity contribution is 9.10. The number of ether oxygens (including phenoxy) is 1. The minimum Gasteiger partial charge on any atom is -0.486 e. The molecule has 2 rings (SSSR count). The molecule has 3 heteroatoms. The fourth-order valence-electron chi connectivity index (χ4n) is 2.09. The Balaban J connectivity index is 2.04. The van der Waals surface area contributed by atoms with Crippen LogP contribution in [0.2, 0.25) is 0 Å². The van der Waals surface area contributed by atoms with Crippen molar-refractivity contribution in [2.45, 2.75) is 31.3 Å². The summed E-state index contributed by atoms with van der Waals surface area (Å²) in [6.07, 6.45) is 4.73. The van der Waals surface area contributed by atoms with Crippen molar-refractivity contribution in [2.24, 2.45) is 0 Å². The molecule has 1 saturated carbocycles. The number of halogens is 1. The van der Waals surface area contributed by atoms with Crippen molar-refractivity contribution < 1.29 is 4.74 Å². The van der Waals surface area contributed by atoms with Gasteiger partial charge in [0, 0.05) is 0 Å². The van der Waals surface area contributed by atoms with Crippen LogP contribution >= 0.6 is 15.9 Å². The van der Waals surface area contributed by atoms with Gasteiger partial charge in [-0.25, -0.2) is 0 Å². The summed E-state index contributed by atoms with van der Waals surface area (Å²) in [6.45, 7) is 1.02. The van der Waals surface area contributed by atoms with Crippen LogP contribution in [0.4, 0.5) is 0 Å². The molecule has 0 heterocycles. The van der Waals surface area contributed by atoms with Gasteiger partial charge in [-0.3, -0.25) is 0 Å². The summed E-state index contributed by atoms with van der Waals surface area (Å²) in [6, 6.07) is 8.09. The zero-order valence-corrected chi connectivity index (χ0v) is 11.2. The number of para-hydroxylation sites is 1. The lowest BCUT2D eigenvalue weighted by molar-refractivity contribution is -0.0144. The Labute approximate surface area is 106 Å². The number of rotatable bonds is 5. The number of benzene rings is 1. The van der Waals surface area contributed by atoms with Crippen LogP contribution in [0.3, 0.4) is 0 Å². The van der Waals surface area contributed by atoms with Gasteiger partial charge in [0.2, 0.25) is 0 Å². The van der Waals surface area contributed by atoms with Crippen molar-refractivity contribution in [3.05, 3.63) is 28.7 Å². The molecule has 1 aromatic carbocycles. The molecule has 88 valence electrons. The van der Waals surface area contributed by atoms with E-state index < -0.39 is 0 Å². The first kappa shape index (κ1) is 11.9. The van der Waals surface area contributed by atoms with E-state index in [0.29, 0.717) is 0 Å². The number of hydrogen-bond donors (Lipinski definition) is 1. The molecule has 0 atom stereocenters. The van der Waals surface area contributed by atoms with E-state index in [1.807, 2.05) is 31.3 Å². The zero-order chi connectivity index (χ0) is 11.4. The molecule has 1 N–H and O–H groups in total. The van der Waals surface area contributed by atoms with Gasteiger partial charge in [0.25, 0.3) is 0 Å². The molecule has 0 saturated heterocycles. The highest BCUT2D eigenvalue weighted by Gasteiger charge is 2.38. The summed E-state index contributed by atoms with van der Waals surface area (Å²) in [5, 5.41) is 3.20. The zero-order valence-electron chi connectivity index (χ0n) is 9.63. The lowest BCUT2D eigenvalue weighted by atomic mass is 9.77. The van der Waals surface area contributed by atoms with Gasteiger partial charge >= 0.3 is 0 Å². The predicted molar refractivity (Wildman–Crippen MR) is 69.9 cm³/mol. The first-order valence-corrected chi connectivity index (χ1v) is 6.63.